The van der Waals surface area contributed by atoms with Crippen LogP contribution in [-0.2, 0) is 4.79 Å². The lowest BCUT2D eigenvalue weighted by Crippen LogP contribution is -2.38. The van der Waals surface area contributed by atoms with Crippen LogP contribution in [0.15, 0.2) is 0 Å². The van der Waals surface area contributed by atoms with E-state index in [1.54, 1.807) is 7.05 Å². The Morgan fingerprint density at radius 1 is 1.89 bits per heavy atom. The van der Waals surface area contributed by atoms with E-state index in [-0.39, 0.29) is 12.4 Å². The van der Waals surface area contributed by atoms with Gasteiger partial charge >= 0.3 is 5.97 Å². The van der Waals surface area contributed by atoms with Crippen LogP contribution >= 0.6 is 12.4 Å². The van der Waals surface area contributed by atoms with Gasteiger partial charge in [-0.3, -0.25) is 4.79 Å². The first-order valence-electron chi connectivity index (χ1n) is 2.31. The molecule has 0 bridgehead atoms. The molecule has 0 amide bonds. The first-order chi connectivity index (χ1) is 3.68. The number of rotatable bonds is 3. The number of likely N-dealkylation sites (N-methyl/N-ethyl adjacent to an activating group) is 1. The predicted molar refractivity (Wildman–Crippen MR) is 36.8 cm³/mol. The fraction of sp³-hybridized carbons (Fsp3) is 0.750. The first kappa shape index (κ1) is 11.5. The molecule has 0 aliphatic heterocycles. The van der Waals surface area contributed by atoms with Crippen LogP contribution in [-0.4, -0.2) is 30.7 Å². The highest BCUT2D eigenvalue weighted by Crippen LogP contribution is 1.71. The van der Waals surface area contributed by atoms with Gasteiger partial charge in [-0.2, -0.15) is 0 Å². The zero-order chi connectivity index (χ0) is 6.57. The lowest BCUT2D eigenvalue weighted by atomic mass is 10.3. The molecule has 0 aromatic carbocycles. The number of carboxylic acid groups (broad SMARTS) is 1. The van der Waals surface area contributed by atoms with Gasteiger partial charge in [0.1, 0.15) is 6.04 Å². The van der Waals surface area contributed by atoms with Crippen molar-refractivity contribution in [2.24, 2.45) is 5.73 Å². The molecule has 0 heterocycles. The number of carbonyl (C=O) groups is 1. The number of hydrogen-bond acceptors (Lipinski definition) is 3. The van der Waals surface area contributed by atoms with Gasteiger partial charge in [0.15, 0.2) is 0 Å². The predicted octanol–water partition coefficient (Wildman–Crippen LogP) is -0.960. The first-order valence-corrected chi connectivity index (χ1v) is 2.31. The molecule has 5 heteroatoms. The molecule has 0 unspecified atom stereocenters. The Hall–Kier alpha value is -0.320. The van der Waals surface area contributed by atoms with Crippen molar-refractivity contribution in [1.82, 2.24) is 5.32 Å². The highest BCUT2D eigenvalue weighted by atomic mass is 35.5. The zero-order valence-corrected chi connectivity index (χ0v) is 5.94. The summed E-state index contributed by atoms with van der Waals surface area (Å²) in [4.78, 5) is 9.92. The van der Waals surface area contributed by atoms with Crippen LogP contribution in [0, 0.1) is 0 Å². The third-order valence-corrected chi connectivity index (χ3v) is 0.741. The number of aliphatic carboxylic acids is 1. The Bertz CT molecular complexity index is 88.6. The normalized spacial score (nSPS) is 11.8. The van der Waals surface area contributed by atoms with E-state index < -0.39 is 12.0 Å². The summed E-state index contributed by atoms with van der Waals surface area (Å²) >= 11 is 0. The third kappa shape index (κ3) is 5.55. The molecule has 0 fully saturated rings. The molecule has 0 radical (unpaired) electrons. The summed E-state index contributed by atoms with van der Waals surface area (Å²) in [6.07, 6.45) is 0. The summed E-state index contributed by atoms with van der Waals surface area (Å²) in [6, 6.07) is -0.778. The maximum atomic E-state index is 9.92. The highest BCUT2D eigenvalue weighted by molar-refractivity contribution is 5.85. The fourth-order valence-corrected chi connectivity index (χ4v) is 0.307. The molecule has 0 aromatic heterocycles. The lowest BCUT2D eigenvalue weighted by Gasteiger charge is -2.02. The van der Waals surface area contributed by atoms with E-state index in [0.29, 0.717) is 6.54 Å². The van der Waals surface area contributed by atoms with Crippen LogP contribution in [0.25, 0.3) is 0 Å². The van der Waals surface area contributed by atoms with E-state index in [0.717, 1.165) is 0 Å². The van der Waals surface area contributed by atoms with Gasteiger partial charge in [0.25, 0.3) is 0 Å². The summed E-state index contributed by atoms with van der Waals surface area (Å²) in [5, 5.41) is 10.8. The Labute approximate surface area is 59.8 Å². The quantitative estimate of drug-likeness (QED) is 0.490. The van der Waals surface area contributed by atoms with Crippen molar-refractivity contribution in [1.29, 1.82) is 0 Å². The van der Waals surface area contributed by atoms with Crippen molar-refractivity contribution >= 4 is 18.4 Å². The average molecular weight is 155 g/mol. The average Bonchev–Trinajstić information content (AvgIpc) is 1.67. The van der Waals surface area contributed by atoms with Crippen molar-refractivity contribution in [3.63, 3.8) is 0 Å². The minimum absolute atomic E-state index is 0. The highest BCUT2D eigenvalue weighted by Gasteiger charge is 2.07. The smallest absolute Gasteiger partial charge is 0.321 e. The number of nitrogens with two attached hydrogens (primary N) is 1. The fourth-order valence-electron chi connectivity index (χ4n) is 0.307. The van der Waals surface area contributed by atoms with Crippen LogP contribution in [0.4, 0.5) is 0 Å². The van der Waals surface area contributed by atoms with E-state index in [1.807, 2.05) is 0 Å². The Morgan fingerprint density at radius 3 is 2.44 bits per heavy atom. The maximum Gasteiger partial charge on any atom is 0.321 e. The molecule has 0 spiro atoms. The number of nitrogens with one attached hydrogen (secondary N) is 1. The Balaban J connectivity index is 0. The van der Waals surface area contributed by atoms with Crippen LogP contribution in [0.2, 0.25) is 0 Å². The standard InChI is InChI=1S/C4H10N2O2.ClH/c1-6-2-3(5)4(7)8;/h3,6H,2,5H2,1H3,(H,7,8);1H/t3-;/m0./s1. The summed E-state index contributed by atoms with van der Waals surface area (Å²) in [5.41, 5.74) is 5.06. The number of hydrogen-bond donors (Lipinski definition) is 3. The van der Waals surface area contributed by atoms with Gasteiger partial charge in [-0.25, -0.2) is 0 Å². The lowest BCUT2D eigenvalue weighted by molar-refractivity contribution is -0.138. The molecular formula is C4H11ClN2O2. The van der Waals surface area contributed by atoms with Crippen molar-refractivity contribution in [2.75, 3.05) is 13.6 Å². The van der Waals surface area contributed by atoms with Crippen molar-refractivity contribution < 1.29 is 9.90 Å². The van der Waals surface area contributed by atoms with Gasteiger partial charge in [0.05, 0.1) is 0 Å². The molecule has 0 saturated carbocycles. The van der Waals surface area contributed by atoms with E-state index in [2.05, 4.69) is 5.32 Å². The van der Waals surface area contributed by atoms with Crippen molar-refractivity contribution in [3.8, 4) is 0 Å². The minimum Gasteiger partial charge on any atom is -0.480 e. The van der Waals surface area contributed by atoms with E-state index in [4.69, 9.17) is 10.8 Å². The van der Waals surface area contributed by atoms with Gasteiger partial charge in [0.2, 0.25) is 0 Å². The summed E-state index contributed by atoms with van der Waals surface area (Å²) in [5.74, 6) is -0.973. The molecule has 0 aliphatic rings. The molecule has 4 nitrogen and oxygen atoms in total. The van der Waals surface area contributed by atoms with Crippen LogP contribution < -0.4 is 11.1 Å². The van der Waals surface area contributed by atoms with Gasteiger partial charge in [-0.1, -0.05) is 0 Å². The molecule has 4 N–H and O–H groups in total. The van der Waals surface area contributed by atoms with Gasteiger partial charge in [-0.05, 0) is 7.05 Å². The zero-order valence-electron chi connectivity index (χ0n) is 5.13. The minimum atomic E-state index is -0.973. The monoisotopic (exact) mass is 154 g/mol. The molecule has 1 atom stereocenters. The largest absolute Gasteiger partial charge is 0.480 e. The summed E-state index contributed by atoms with van der Waals surface area (Å²) < 4.78 is 0. The summed E-state index contributed by atoms with van der Waals surface area (Å²) in [6.45, 7) is 0.315. The molecule has 0 saturated heterocycles. The van der Waals surface area contributed by atoms with Gasteiger partial charge < -0.3 is 16.2 Å². The van der Waals surface area contributed by atoms with Crippen LogP contribution in [0.3, 0.4) is 0 Å². The van der Waals surface area contributed by atoms with Crippen LogP contribution in [0.1, 0.15) is 0 Å². The number of halogens is 1. The second-order valence-electron chi connectivity index (χ2n) is 1.50. The van der Waals surface area contributed by atoms with Crippen LogP contribution in [0.5, 0.6) is 0 Å². The molecule has 56 valence electrons. The third-order valence-electron chi connectivity index (χ3n) is 0.741. The van der Waals surface area contributed by atoms with E-state index in [9.17, 15) is 4.79 Å². The molecule has 0 aliphatic carbocycles. The molecule has 0 aromatic rings. The Morgan fingerprint density at radius 2 is 2.33 bits per heavy atom. The molecule has 0 rings (SSSR count). The van der Waals surface area contributed by atoms with E-state index in [1.165, 1.54) is 0 Å². The Kier molecular flexibility index (Phi) is 7.41. The molecular weight excluding hydrogens is 144 g/mol. The summed E-state index contributed by atoms with van der Waals surface area (Å²) in [7, 11) is 1.66. The van der Waals surface area contributed by atoms with Crippen molar-refractivity contribution in [3.05, 3.63) is 0 Å². The maximum absolute atomic E-state index is 9.92. The van der Waals surface area contributed by atoms with Gasteiger partial charge in [-0.15, -0.1) is 12.4 Å². The SMILES string of the molecule is CNC[C@H](N)C(=O)O.Cl. The van der Waals surface area contributed by atoms with Gasteiger partial charge in [0, 0.05) is 6.54 Å². The number of carboxylic acids is 1. The second-order valence-corrected chi connectivity index (χ2v) is 1.50. The second kappa shape index (κ2) is 5.81. The topological polar surface area (TPSA) is 75.3 Å². The van der Waals surface area contributed by atoms with Crippen molar-refractivity contribution in [2.45, 2.75) is 6.04 Å². The van der Waals surface area contributed by atoms with E-state index >= 15 is 0 Å². The molecule has 9 heavy (non-hydrogen) atoms.